The first-order valence-corrected chi connectivity index (χ1v) is 5.43. The molecule has 0 saturated carbocycles. The lowest BCUT2D eigenvalue weighted by molar-refractivity contribution is 0.199. The standard InChI is InChI=1S/C12H16N4O/c1-9(17)10-5-14-16(8-10)12-4-11(15(2)3)6-13-7-12/h4-9,17H,1-3H3. The van der Waals surface area contributed by atoms with E-state index in [2.05, 4.69) is 10.1 Å². The summed E-state index contributed by atoms with van der Waals surface area (Å²) in [6.45, 7) is 1.72. The van der Waals surface area contributed by atoms with E-state index >= 15 is 0 Å². The van der Waals surface area contributed by atoms with Gasteiger partial charge in [0.2, 0.25) is 0 Å². The van der Waals surface area contributed by atoms with Gasteiger partial charge >= 0.3 is 0 Å². The molecule has 0 saturated heterocycles. The first-order valence-electron chi connectivity index (χ1n) is 5.43. The largest absolute Gasteiger partial charge is 0.389 e. The van der Waals surface area contributed by atoms with Gasteiger partial charge in [0.05, 0.1) is 36.1 Å². The third-order valence-corrected chi connectivity index (χ3v) is 2.58. The molecule has 1 unspecified atom stereocenters. The van der Waals surface area contributed by atoms with Crippen molar-refractivity contribution in [2.24, 2.45) is 0 Å². The predicted octanol–water partition coefficient (Wildman–Crippen LogP) is 1.39. The van der Waals surface area contributed by atoms with E-state index in [1.54, 1.807) is 36.4 Å². The van der Waals surface area contributed by atoms with E-state index in [0.29, 0.717) is 0 Å². The number of pyridine rings is 1. The Morgan fingerprint density at radius 1 is 1.29 bits per heavy atom. The smallest absolute Gasteiger partial charge is 0.0849 e. The molecule has 0 spiro atoms. The molecule has 0 aliphatic rings. The van der Waals surface area contributed by atoms with Crippen LogP contribution in [0.1, 0.15) is 18.6 Å². The number of nitrogens with zero attached hydrogens (tertiary/aromatic N) is 4. The Bertz CT molecular complexity index is 505. The lowest BCUT2D eigenvalue weighted by atomic mass is 10.2. The van der Waals surface area contributed by atoms with Crippen molar-refractivity contribution >= 4 is 5.69 Å². The molecule has 2 aromatic rings. The first-order chi connectivity index (χ1) is 8.08. The van der Waals surface area contributed by atoms with Gasteiger partial charge in [0, 0.05) is 25.9 Å². The van der Waals surface area contributed by atoms with Gasteiger partial charge in [-0.15, -0.1) is 0 Å². The van der Waals surface area contributed by atoms with Gasteiger partial charge in [0.25, 0.3) is 0 Å². The maximum atomic E-state index is 9.45. The zero-order valence-corrected chi connectivity index (χ0v) is 10.2. The van der Waals surface area contributed by atoms with Gasteiger partial charge in [0.1, 0.15) is 0 Å². The van der Waals surface area contributed by atoms with Crippen LogP contribution in [0, 0.1) is 0 Å². The van der Waals surface area contributed by atoms with Crippen molar-refractivity contribution in [3.63, 3.8) is 0 Å². The lowest BCUT2D eigenvalue weighted by Gasteiger charge is -2.12. The maximum Gasteiger partial charge on any atom is 0.0849 e. The zero-order chi connectivity index (χ0) is 12.4. The van der Waals surface area contributed by atoms with Crippen molar-refractivity contribution in [1.29, 1.82) is 0 Å². The predicted molar refractivity (Wildman–Crippen MR) is 66.3 cm³/mol. The average molecular weight is 232 g/mol. The van der Waals surface area contributed by atoms with Gasteiger partial charge in [-0.2, -0.15) is 5.10 Å². The van der Waals surface area contributed by atoms with Gasteiger partial charge in [-0.1, -0.05) is 0 Å². The van der Waals surface area contributed by atoms with Gasteiger partial charge in [0.15, 0.2) is 0 Å². The van der Waals surface area contributed by atoms with Gasteiger partial charge in [-0.25, -0.2) is 4.68 Å². The fourth-order valence-corrected chi connectivity index (χ4v) is 1.48. The SMILES string of the molecule is CC(O)c1cnn(-c2cncc(N(C)C)c2)c1. The summed E-state index contributed by atoms with van der Waals surface area (Å²) in [5.74, 6) is 0. The Labute approximate surface area is 100 Å². The summed E-state index contributed by atoms with van der Waals surface area (Å²) in [5, 5.41) is 13.7. The van der Waals surface area contributed by atoms with Gasteiger partial charge < -0.3 is 10.0 Å². The van der Waals surface area contributed by atoms with Crippen LogP contribution in [0.3, 0.4) is 0 Å². The molecule has 1 N–H and O–H groups in total. The molecule has 5 nitrogen and oxygen atoms in total. The zero-order valence-electron chi connectivity index (χ0n) is 10.2. The molecule has 0 aromatic carbocycles. The molecule has 0 fully saturated rings. The number of aromatic nitrogens is 3. The Balaban J connectivity index is 2.35. The molecule has 2 heterocycles. The number of hydrogen-bond acceptors (Lipinski definition) is 4. The summed E-state index contributed by atoms with van der Waals surface area (Å²) in [6, 6.07) is 1.99. The van der Waals surface area contributed by atoms with Crippen molar-refractivity contribution in [3.05, 3.63) is 36.4 Å². The van der Waals surface area contributed by atoms with Crippen LogP contribution in [-0.2, 0) is 0 Å². The van der Waals surface area contributed by atoms with Crippen LogP contribution < -0.4 is 4.90 Å². The molecule has 5 heteroatoms. The third-order valence-electron chi connectivity index (χ3n) is 2.58. The topological polar surface area (TPSA) is 54.2 Å². The van der Waals surface area contributed by atoms with E-state index in [-0.39, 0.29) is 0 Å². The Morgan fingerprint density at radius 3 is 2.65 bits per heavy atom. The Hall–Kier alpha value is -1.88. The van der Waals surface area contributed by atoms with Crippen molar-refractivity contribution < 1.29 is 5.11 Å². The Morgan fingerprint density at radius 2 is 2.06 bits per heavy atom. The highest BCUT2D eigenvalue weighted by Crippen LogP contribution is 2.17. The third kappa shape index (κ3) is 2.45. The number of rotatable bonds is 3. The highest BCUT2D eigenvalue weighted by molar-refractivity contribution is 5.49. The Kier molecular flexibility index (Phi) is 3.10. The van der Waals surface area contributed by atoms with Crippen LogP contribution in [0.2, 0.25) is 0 Å². The second kappa shape index (κ2) is 4.55. The van der Waals surface area contributed by atoms with E-state index in [0.717, 1.165) is 16.9 Å². The molecule has 2 rings (SSSR count). The van der Waals surface area contributed by atoms with E-state index in [1.165, 1.54) is 0 Å². The molecule has 0 aliphatic carbocycles. The molecule has 1 atom stereocenters. The van der Waals surface area contributed by atoms with Crippen LogP contribution in [-0.4, -0.2) is 34.0 Å². The maximum absolute atomic E-state index is 9.45. The fraction of sp³-hybridized carbons (Fsp3) is 0.333. The highest BCUT2D eigenvalue weighted by atomic mass is 16.3. The van der Waals surface area contributed by atoms with Crippen molar-refractivity contribution in [2.45, 2.75) is 13.0 Å². The second-order valence-electron chi connectivity index (χ2n) is 4.19. The number of aliphatic hydroxyl groups is 1. The van der Waals surface area contributed by atoms with Crippen LogP contribution in [0.25, 0.3) is 5.69 Å². The number of hydrogen-bond donors (Lipinski definition) is 1. The number of anilines is 1. The van der Waals surface area contributed by atoms with Crippen LogP contribution in [0.4, 0.5) is 5.69 Å². The molecular formula is C12H16N4O. The van der Waals surface area contributed by atoms with E-state index in [9.17, 15) is 5.11 Å². The normalized spacial score (nSPS) is 12.5. The highest BCUT2D eigenvalue weighted by Gasteiger charge is 2.06. The van der Waals surface area contributed by atoms with Crippen LogP contribution in [0.5, 0.6) is 0 Å². The van der Waals surface area contributed by atoms with Gasteiger partial charge in [-0.05, 0) is 13.0 Å². The minimum Gasteiger partial charge on any atom is -0.389 e. The second-order valence-corrected chi connectivity index (χ2v) is 4.19. The van der Waals surface area contributed by atoms with Gasteiger partial charge in [-0.3, -0.25) is 4.98 Å². The van der Waals surface area contributed by atoms with Crippen LogP contribution >= 0.6 is 0 Å². The molecule has 2 aromatic heterocycles. The van der Waals surface area contributed by atoms with E-state index in [4.69, 9.17) is 0 Å². The molecule has 0 aliphatic heterocycles. The molecule has 0 radical (unpaired) electrons. The summed E-state index contributed by atoms with van der Waals surface area (Å²) in [6.07, 6.45) is 6.50. The van der Waals surface area contributed by atoms with Crippen molar-refractivity contribution in [1.82, 2.24) is 14.8 Å². The minimum atomic E-state index is -0.506. The fourth-order valence-electron chi connectivity index (χ4n) is 1.48. The van der Waals surface area contributed by atoms with Crippen molar-refractivity contribution in [2.75, 3.05) is 19.0 Å². The quantitative estimate of drug-likeness (QED) is 0.868. The minimum absolute atomic E-state index is 0.506. The monoisotopic (exact) mass is 232 g/mol. The van der Waals surface area contributed by atoms with E-state index < -0.39 is 6.10 Å². The summed E-state index contributed by atoms with van der Waals surface area (Å²) in [7, 11) is 3.93. The lowest BCUT2D eigenvalue weighted by Crippen LogP contribution is -2.09. The molecule has 90 valence electrons. The van der Waals surface area contributed by atoms with E-state index in [1.807, 2.05) is 25.1 Å². The summed E-state index contributed by atoms with van der Waals surface area (Å²) < 4.78 is 1.71. The molecule has 17 heavy (non-hydrogen) atoms. The molecular weight excluding hydrogens is 216 g/mol. The van der Waals surface area contributed by atoms with Crippen LogP contribution in [0.15, 0.2) is 30.9 Å². The molecule has 0 amide bonds. The average Bonchev–Trinajstić information content (AvgIpc) is 2.78. The summed E-state index contributed by atoms with van der Waals surface area (Å²) in [4.78, 5) is 6.15. The molecule has 0 bridgehead atoms. The summed E-state index contributed by atoms with van der Waals surface area (Å²) >= 11 is 0. The van der Waals surface area contributed by atoms with Crippen molar-refractivity contribution in [3.8, 4) is 5.69 Å². The first kappa shape index (κ1) is 11.6. The summed E-state index contributed by atoms with van der Waals surface area (Å²) in [5.41, 5.74) is 2.68. The number of aliphatic hydroxyl groups excluding tert-OH is 1.